The van der Waals surface area contributed by atoms with Crippen molar-refractivity contribution in [1.82, 2.24) is 9.97 Å². The lowest BCUT2D eigenvalue weighted by Gasteiger charge is -2.15. The van der Waals surface area contributed by atoms with Crippen LogP contribution < -0.4 is 10.9 Å². The second kappa shape index (κ2) is 6.31. The van der Waals surface area contributed by atoms with E-state index in [0.717, 1.165) is 54.9 Å². The van der Waals surface area contributed by atoms with Crippen LogP contribution in [0.15, 0.2) is 29.1 Å². The predicted molar refractivity (Wildman–Crippen MR) is 85.1 cm³/mol. The maximum Gasteiger partial charge on any atom is 0.255 e. The van der Waals surface area contributed by atoms with Crippen LogP contribution in [0.1, 0.15) is 29.7 Å². The molecule has 4 nitrogen and oxygen atoms in total. The van der Waals surface area contributed by atoms with Crippen molar-refractivity contribution in [3.8, 4) is 0 Å². The van der Waals surface area contributed by atoms with E-state index in [-0.39, 0.29) is 5.56 Å². The highest BCUT2D eigenvalue weighted by Crippen LogP contribution is 2.16. The molecule has 0 radical (unpaired) electrons. The van der Waals surface area contributed by atoms with Gasteiger partial charge in [-0.15, -0.1) is 0 Å². The van der Waals surface area contributed by atoms with Gasteiger partial charge in [-0.25, -0.2) is 4.98 Å². The van der Waals surface area contributed by atoms with E-state index in [1.54, 1.807) is 0 Å². The number of fused-ring (bicyclic) bond motifs is 1. The fourth-order valence-corrected chi connectivity index (χ4v) is 2.79. The number of nitrogens with one attached hydrogen (secondary N) is 2. The van der Waals surface area contributed by atoms with Crippen LogP contribution in [0.3, 0.4) is 0 Å². The molecule has 1 heterocycles. The van der Waals surface area contributed by atoms with Crippen LogP contribution in [0.2, 0.25) is 5.02 Å². The van der Waals surface area contributed by atoms with Crippen molar-refractivity contribution >= 4 is 17.5 Å². The summed E-state index contributed by atoms with van der Waals surface area (Å²) >= 11 is 5.86. The number of hydrogen-bond acceptors (Lipinski definition) is 3. The summed E-state index contributed by atoms with van der Waals surface area (Å²) in [7, 11) is 0. The van der Waals surface area contributed by atoms with E-state index in [1.165, 1.54) is 5.56 Å². The van der Waals surface area contributed by atoms with Crippen molar-refractivity contribution in [3.63, 3.8) is 0 Å². The fourth-order valence-electron chi connectivity index (χ4n) is 2.66. The number of aryl methyl sites for hydroxylation is 1. The number of nitrogens with zero attached hydrogens (tertiary/aromatic N) is 1. The molecule has 0 fully saturated rings. The van der Waals surface area contributed by atoms with E-state index in [2.05, 4.69) is 15.3 Å². The van der Waals surface area contributed by atoms with Crippen LogP contribution in [0.4, 0.5) is 5.95 Å². The molecular formula is C16H18ClN3O. The van der Waals surface area contributed by atoms with Crippen molar-refractivity contribution in [3.05, 3.63) is 56.5 Å². The Morgan fingerprint density at radius 1 is 1.19 bits per heavy atom. The first kappa shape index (κ1) is 14.1. The minimum absolute atomic E-state index is 0.00805. The number of halogens is 1. The molecular weight excluding hydrogens is 286 g/mol. The smallest absolute Gasteiger partial charge is 0.255 e. The maximum atomic E-state index is 12.0. The lowest BCUT2D eigenvalue weighted by atomic mass is 9.97. The fraction of sp³-hybridized carbons (Fsp3) is 0.375. The van der Waals surface area contributed by atoms with Crippen molar-refractivity contribution in [2.75, 3.05) is 11.9 Å². The molecule has 1 aliphatic rings. The minimum Gasteiger partial charge on any atom is -0.355 e. The van der Waals surface area contributed by atoms with Gasteiger partial charge in [-0.3, -0.25) is 9.78 Å². The zero-order valence-electron chi connectivity index (χ0n) is 11.8. The molecule has 1 aromatic heterocycles. The summed E-state index contributed by atoms with van der Waals surface area (Å²) in [6, 6.07) is 7.78. The normalized spacial score (nSPS) is 13.8. The predicted octanol–water partition coefficient (Wildman–Crippen LogP) is 2.96. The van der Waals surface area contributed by atoms with E-state index >= 15 is 0 Å². The van der Waals surface area contributed by atoms with E-state index in [0.29, 0.717) is 5.95 Å². The molecule has 0 aliphatic heterocycles. The quantitative estimate of drug-likeness (QED) is 0.913. The average molecular weight is 304 g/mol. The minimum atomic E-state index is 0.00805. The number of rotatable bonds is 4. The molecule has 110 valence electrons. The van der Waals surface area contributed by atoms with Gasteiger partial charge >= 0.3 is 0 Å². The van der Waals surface area contributed by atoms with Crippen molar-refractivity contribution < 1.29 is 0 Å². The van der Waals surface area contributed by atoms with Gasteiger partial charge < -0.3 is 5.32 Å². The Bertz CT molecular complexity index is 679. The summed E-state index contributed by atoms with van der Waals surface area (Å²) in [6.07, 6.45) is 4.82. The third-order valence-corrected chi connectivity index (χ3v) is 4.06. The number of benzene rings is 1. The van der Waals surface area contributed by atoms with Gasteiger partial charge in [0.25, 0.3) is 5.56 Å². The SMILES string of the molecule is O=c1[nH]c(NCCc2ccc(Cl)cc2)nc2c1CCCC2. The third-order valence-electron chi connectivity index (χ3n) is 3.81. The first-order valence-electron chi connectivity index (χ1n) is 7.33. The van der Waals surface area contributed by atoms with Crippen LogP contribution in [-0.4, -0.2) is 16.5 Å². The molecule has 0 spiro atoms. The third kappa shape index (κ3) is 3.45. The largest absolute Gasteiger partial charge is 0.355 e. The van der Waals surface area contributed by atoms with Gasteiger partial charge in [0.2, 0.25) is 5.95 Å². The Hall–Kier alpha value is -1.81. The number of aromatic nitrogens is 2. The molecule has 0 saturated carbocycles. The average Bonchev–Trinajstić information content (AvgIpc) is 2.49. The second-order valence-corrected chi connectivity index (χ2v) is 5.79. The summed E-state index contributed by atoms with van der Waals surface area (Å²) in [5, 5.41) is 3.94. The number of anilines is 1. The number of hydrogen-bond donors (Lipinski definition) is 2. The van der Waals surface area contributed by atoms with Crippen LogP contribution >= 0.6 is 11.6 Å². The lowest BCUT2D eigenvalue weighted by Crippen LogP contribution is -2.23. The molecule has 0 saturated heterocycles. The summed E-state index contributed by atoms with van der Waals surface area (Å²) in [6.45, 7) is 0.726. The number of H-pyrrole nitrogens is 1. The molecule has 3 rings (SSSR count). The Labute approximate surface area is 128 Å². The Morgan fingerprint density at radius 2 is 1.95 bits per heavy atom. The molecule has 1 aliphatic carbocycles. The zero-order valence-corrected chi connectivity index (χ0v) is 12.5. The summed E-state index contributed by atoms with van der Waals surface area (Å²) < 4.78 is 0. The van der Waals surface area contributed by atoms with Crippen LogP contribution in [0.25, 0.3) is 0 Å². The molecule has 0 amide bonds. The molecule has 5 heteroatoms. The van der Waals surface area contributed by atoms with E-state index in [9.17, 15) is 4.79 Å². The highest BCUT2D eigenvalue weighted by atomic mass is 35.5. The molecule has 0 unspecified atom stereocenters. The van der Waals surface area contributed by atoms with E-state index in [1.807, 2.05) is 24.3 Å². The lowest BCUT2D eigenvalue weighted by molar-refractivity contribution is 0.657. The second-order valence-electron chi connectivity index (χ2n) is 5.35. The first-order chi connectivity index (χ1) is 10.2. The van der Waals surface area contributed by atoms with Gasteiger partial charge in [0.15, 0.2) is 0 Å². The van der Waals surface area contributed by atoms with Crippen molar-refractivity contribution in [2.24, 2.45) is 0 Å². The molecule has 0 bridgehead atoms. The monoisotopic (exact) mass is 303 g/mol. The zero-order chi connectivity index (χ0) is 14.7. The summed E-state index contributed by atoms with van der Waals surface area (Å²) in [5.41, 5.74) is 3.03. The molecule has 1 aromatic carbocycles. The number of aromatic amines is 1. The Balaban J connectivity index is 1.64. The van der Waals surface area contributed by atoms with Crippen LogP contribution in [0.5, 0.6) is 0 Å². The summed E-state index contributed by atoms with van der Waals surface area (Å²) in [5.74, 6) is 0.578. The molecule has 21 heavy (non-hydrogen) atoms. The highest BCUT2D eigenvalue weighted by molar-refractivity contribution is 6.30. The summed E-state index contributed by atoms with van der Waals surface area (Å²) in [4.78, 5) is 19.4. The van der Waals surface area contributed by atoms with Gasteiger partial charge in [0.1, 0.15) is 0 Å². The highest BCUT2D eigenvalue weighted by Gasteiger charge is 2.15. The van der Waals surface area contributed by atoms with Crippen LogP contribution in [0, 0.1) is 0 Å². The Morgan fingerprint density at radius 3 is 2.76 bits per heavy atom. The van der Waals surface area contributed by atoms with Gasteiger partial charge in [0, 0.05) is 17.1 Å². The Kier molecular flexibility index (Phi) is 4.25. The van der Waals surface area contributed by atoms with Gasteiger partial charge in [-0.05, 0) is 49.8 Å². The van der Waals surface area contributed by atoms with Gasteiger partial charge in [0.05, 0.1) is 5.69 Å². The van der Waals surface area contributed by atoms with Crippen LogP contribution in [-0.2, 0) is 19.3 Å². The van der Waals surface area contributed by atoms with Crippen molar-refractivity contribution in [2.45, 2.75) is 32.1 Å². The van der Waals surface area contributed by atoms with E-state index < -0.39 is 0 Å². The van der Waals surface area contributed by atoms with Crippen molar-refractivity contribution in [1.29, 1.82) is 0 Å². The van der Waals surface area contributed by atoms with Gasteiger partial charge in [-0.2, -0.15) is 0 Å². The molecule has 0 atom stereocenters. The first-order valence-corrected chi connectivity index (χ1v) is 7.70. The topological polar surface area (TPSA) is 57.8 Å². The maximum absolute atomic E-state index is 12.0. The standard InChI is InChI=1S/C16H18ClN3O/c17-12-7-5-11(6-8-12)9-10-18-16-19-14-4-2-1-3-13(14)15(21)20-16/h5-8H,1-4,9-10H2,(H2,18,19,20,21). The van der Waals surface area contributed by atoms with E-state index in [4.69, 9.17) is 11.6 Å². The molecule has 2 N–H and O–H groups in total. The van der Waals surface area contributed by atoms with Gasteiger partial charge in [-0.1, -0.05) is 23.7 Å². The molecule has 2 aromatic rings.